The second-order valence-electron chi connectivity index (χ2n) is 9.32. The SMILES string of the molecule is CCCCCCCC[C@@H]1N=C(N)N[C@]2(CCCO2)[C@@H]1C(=O)OCCCCCCCN=C(N)N. The highest BCUT2D eigenvalue weighted by Crippen LogP contribution is 2.38. The third kappa shape index (κ3) is 9.39. The van der Waals surface area contributed by atoms with Gasteiger partial charge in [-0.3, -0.25) is 9.79 Å². The first-order valence-electron chi connectivity index (χ1n) is 13.0. The van der Waals surface area contributed by atoms with Gasteiger partial charge in [0.25, 0.3) is 0 Å². The number of nitrogens with two attached hydrogens (primary N) is 3. The van der Waals surface area contributed by atoms with Gasteiger partial charge in [-0.15, -0.1) is 0 Å². The van der Waals surface area contributed by atoms with Crippen LogP contribution in [-0.4, -0.2) is 49.4 Å². The second-order valence-corrected chi connectivity index (χ2v) is 9.32. The number of ether oxygens (including phenoxy) is 2. The number of guanidine groups is 2. The van der Waals surface area contributed by atoms with Gasteiger partial charge in [0.15, 0.2) is 17.6 Å². The van der Waals surface area contributed by atoms with Gasteiger partial charge in [0.1, 0.15) is 5.92 Å². The Labute approximate surface area is 199 Å². The molecule has 0 aliphatic carbocycles. The fourth-order valence-electron chi connectivity index (χ4n) is 4.82. The average Bonchev–Trinajstić information content (AvgIpc) is 3.22. The lowest BCUT2D eigenvalue weighted by atomic mass is 9.82. The number of aliphatic imine (C=N–C) groups is 2. The van der Waals surface area contributed by atoms with Crippen molar-refractivity contribution in [3.8, 4) is 0 Å². The predicted octanol–water partition coefficient (Wildman–Crippen LogP) is 2.91. The molecule has 0 aromatic heterocycles. The quantitative estimate of drug-likeness (QED) is 0.118. The maximum absolute atomic E-state index is 13.2. The van der Waals surface area contributed by atoms with Gasteiger partial charge in [-0.25, -0.2) is 4.99 Å². The van der Waals surface area contributed by atoms with E-state index in [1.807, 2.05) is 0 Å². The summed E-state index contributed by atoms with van der Waals surface area (Å²) in [5, 5.41) is 3.19. The van der Waals surface area contributed by atoms with Gasteiger partial charge >= 0.3 is 5.97 Å². The van der Waals surface area contributed by atoms with Crippen LogP contribution in [-0.2, 0) is 14.3 Å². The van der Waals surface area contributed by atoms with Crippen LogP contribution in [0, 0.1) is 5.92 Å². The van der Waals surface area contributed by atoms with Crippen molar-refractivity contribution in [2.24, 2.45) is 33.1 Å². The molecule has 1 saturated heterocycles. The van der Waals surface area contributed by atoms with E-state index >= 15 is 0 Å². The predicted molar refractivity (Wildman–Crippen MR) is 133 cm³/mol. The topological polar surface area (TPSA) is 150 Å². The van der Waals surface area contributed by atoms with Gasteiger partial charge in [0, 0.05) is 13.2 Å². The molecule has 0 amide bonds. The minimum absolute atomic E-state index is 0.143. The molecule has 0 bridgehead atoms. The van der Waals surface area contributed by atoms with Gasteiger partial charge in [0.2, 0.25) is 0 Å². The third-order valence-corrected chi connectivity index (χ3v) is 6.53. The Bertz CT molecular complexity index is 630. The molecule has 1 fully saturated rings. The maximum Gasteiger partial charge on any atom is 0.316 e. The van der Waals surface area contributed by atoms with E-state index in [1.54, 1.807) is 0 Å². The molecule has 0 aromatic carbocycles. The lowest BCUT2D eigenvalue weighted by Gasteiger charge is -2.42. The van der Waals surface area contributed by atoms with Crippen molar-refractivity contribution in [3.63, 3.8) is 0 Å². The molecule has 0 radical (unpaired) electrons. The van der Waals surface area contributed by atoms with Crippen molar-refractivity contribution in [1.29, 1.82) is 0 Å². The van der Waals surface area contributed by atoms with E-state index in [0.717, 1.165) is 64.2 Å². The van der Waals surface area contributed by atoms with Crippen LogP contribution in [0.4, 0.5) is 0 Å². The van der Waals surface area contributed by atoms with E-state index < -0.39 is 11.6 Å². The number of carbonyl (C=O) groups excluding carboxylic acids is 1. The Kier molecular flexibility index (Phi) is 12.4. The first-order valence-corrected chi connectivity index (χ1v) is 13.0. The Morgan fingerprint density at radius 2 is 1.82 bits per heavy atom. The van der Waals surface area contributed by atoms with Crippen LogP contribution in [0.3, 0.4) is 0 Å². The molecule has 7 N–H and O–H groups in total. The van der Waals surface area contributed by atoms with E-state index in [2.05, 4.69) is 22.2 Å². The summed E-state index contributed by atoms with van der Waals surface area (Å²) in [6.45, 7) is 3.92. The van der Waals surface area contributed by atoms with Crippen molar-refractivity contribution < 1.29 is 14.3 Å². The van der Waals surface area contributed by atoms with E-state index in [1.165, 1.54) is 25.7 Å². The number of rotatable bonds is 16. The van der Waals surface area contributed by atoms with Crippen molar-refractivity contribution in [3.05, 3.63) is 0 Å². The number of carbonyl (C=O) groups is 1. The minimum Gasteiger partial charge on any atom is -0.465 e. The Hall–Kier alpha value is -2.03. The zero-order chi connectivity index (χ0) is 23.9. The number of hydrogen-bond acceptors (Lipinski definition) is 7. The Balaban J connectivity index is 1.81. The van der Waals surface area contributed by atoms with Crippen molar-refractivity contribution in [2.45, 2.75) is 109 Å². The summed E-state index contributed by atoms with van der Waals surface area (Å²) in [5.41, 5.74) is 16.0. The van der Waals surface area contributed by atoms with E-state index in [4.69, 9.17) is 26.7 Å². The van der Waals surface area contributed by atoms with Crippen LogP contribution in [0.15, 0.2) is 9.98 Å². The fourth-order valence-corrected chi connectivity index (χ4v) is 4.82. The van der Waals surface area contributed by atoms with Crippen molar-refractivity contribution >= 4 is 17.9 Å². The number of unbranched alkanes of at least 4 members (excludes halogenated alkanes) is 9. The van der Waals surface area contributed by atoms with Gasteiger partial charge in [0.05, 0.1) is 12.6 Å². The van der Waals surface area contributed by atoms with E-state index in [9.17, 15) is 4.79 Å². The molecule has 9 heteroatoms. The third-order valence-electron chi connectivity index (χ3n) is 6.53. The van der Waals surface area contributed by atoms with Crippen LogP contribution >= 0.6 is 0 Å². The molecule has 190 valence electrons. The molecule has 1 spiro atoms. The Morgan fingerprint density at radius 3 is 2.52 bits per heavy atom. The number of esters is 1. The van der Waals surface area contributed by atoms with Gasteiger partial charge in [-0.05, 0) is 32.1 Å². The normalized spacial score (nSPS) is 24.3. The summed E-state index contributed by atoms with van der Waals surface area (Å²) in [5.74, 6) is -0.159. The first-order chi connectivity index (χ1) is 16.0. The first kappa shape index (κ1) is 27.2. The zero-order valence-electron chi connectivity index (χ0n) is 20.5. The molecule has 0 unspecified atom stereocenters. The number of hydrogen-bond donors (Lipinski definition) is 4. The Morgan fingerprint density at radius 1 is 1.12 bits per heavy atom. The largest absolute Gasteiger partial charge is 0.465 e. The summed E-state index contributed by atoms with van der Waals surface area (Å²) in [4.78, 5) is 21.8. The van der Waals surface area contributed by atoms with Crippen LogP contribution in [0.2, 0.25) is 0 Å². The molecular formula is C24H46N6O3. The summed E-state index contributed by atoms with van der Waals surface area (Å²) >= 11 is 0. The van der Waals surface area contributed by atoms with Crippen molar-refractivity contribution in [1.82, 2.24) is 5.32 Å². The molecule has 9 nitrogen and oxygen atoms in total. The molecule has 2 aliphatic rings. The minimum atomic E-state index is -0.777. The molecular weight excluding hydrogens is 420 g/mol. The average molecular weight is 467 g/mol. The van der Waals surface area contributed by atoms with Gasteiger partial charge < -0.3 is 32.0 Å². The lowest BCUT2D eigenvalue weighted by Crippen LogP contribution is -2.64. The summed E-state index contributed by atoms with van der Waals surface area (Å²) < 4.78 is 11.8. The van der Waals surface area contributed by atoms with Crippen molar-refractivity contribution in [2.75, 3.05) is 19.8 Å². The van der Waals surface area contributed by atoms with Crippen LogP contribution in [0.25, 0.3) is 0 Å². The van der Waals surface area contributed by atoms with E-state index in [0.29, 0.717) is 25.7 Å². The standard InChI is InChI=1S/C24H46N6O3/c1-2-3-4-5-7-10-14-19-20(24(15-13-18-33-24)30-23(27)29-19)21(31)32-17-12-9-6-8-11-16-28-22(25)26/h19-20H,2-18H2,1H3,(H4,25,26,28)(H3,27,29,30)/t19-,20-,24-/m0/s1. The smallest absolute Gasteiger partial charge is 0.316 e. The number of nitrogens with zero attached hydrogens (tertiary/aromatic N) is 2. The zero-order valence-corrected chi connectivity index (χ0v) is 20.5. The molecule has 2 rings (SSSR count). The van der Waals surface area contributed by atoms with Gasteiger partial charge in [-0.2, -0.15) is 0 Å². The van der Waals surface area contributed by atoms with Crippen LogP contribution in [0.1, 0.15) is 96.8 Å². The summed E-state index contributed by atoms with van der Waals surface area (Å²) in [7, 11) is 0. The van der Waals surface area contributed by atoms with Crippen LogP contribution < -0.4 is 22.5 Å². The highest BCUT2D eigenvalue weighted by atomic mass is 16.5. The van der Waals surface area contributed by atoms with E-state index in [-0.39, 0.29) is 18.0 Å². The molecule has 0 aromatic rings. The molecule has 2 heterocycles. The van der Waals surface area contributed by atoms with Crippen LogP contribution in [0.5, 0.6) is 0 Å². The molecule has 3 atom stereocenters. The lowest BCUT2D eigenvalue weighted by molar-refractivity contribution is -0.165. The summed E-state index contributed by atoms with van der Waals surface area (Å²) in [6, 6.07) is -0.196. The summed E-state index contributed by atoms with van der Waals surface area (Å²) in [6.07, 6.45) is 14.6. The number of nitrogens with one attached hydrogen (secondary N) is 1. The molecule has 33 heavy (non-hydrogen) atoms. The highest BCUT2D eigenvalue weighted by Gasteiger charge is 2.53. The maximum atomic E-state index is 13.2. The fraction of sp³-hybridized carbons (Fsp3) is 0.875. The van der Waals surface area contributed by atoms with Gasteiger partial charge in [-0.1, -0.05) is 64.7 Å². The monoisotopic (exact) mass is 466 g/mol. The highest BCUT2D eigenvalue weighted by molar-refractivity contribution is 5.84. The molecule has 0 saturated carbocycles. The second kappa shape index (κ2) is 15.0. The molecule has 2 aliphatic heterocycles.